The standard InChI is InChI=1S/C13H26N2O2/c1-3-15(2)13(17)10-14-9-12(16)8-11-6-4-5-7-11/h11-12,14,16H,3-10H2,1-2H3. The van der Waals surface area contributed by atoms with Gasteiger partial charge in [0.1, 0.15) is 0 Å². The third-order valence-electron chi connectivity index (χ3n) is 3.64. The number of carbonyl (C=O) groups excluding carboxylic acids is 1. The minimum absolute atomic E-state index is 0.0839. The van der Waals surface area contributed by atoms with Crippen molar-refractivity contribution in [3.8, 4) is 0 Å². The highest BCUT2D eigenvalue weighted by molar-refractivity contribution is 5.77. The number of likely N-dealkylation sites (N-methyl/N-ethyl adjacent to an activating group) is 1. The lowest BCUT2D eigenvalue weighted by Crippen LogP contribution is -2.38. The highest BCUT2D eigenvalue weighted by atomic mass is 16.3. The van der Waals surface area contributed by atoms with Crippen molar-refractivity contribution < 1.29 is 9.90 Å². The van der Waals surface area contributed by atoms with E-state index in [1.807, 2.05) is 6.92 Å². The van der Waals surface area contributed by atoms with Crippen molar-refractivity contribution in [2.75, 3.05) is 26.7 Å². The molecule has 1 amide bonds. The van der Waals surface area contributed by atoms with E-state index in [0.29, 0.717) is 19.0 Å². The van der Waals surface area contributed by atoms with Gasteiger partial charge in [-0.15, -0.1) is 0 Å². The van der Waals surface area contributed by atoms with Crippen LogP contribution in [-0.2, 0) is 4.79 Å². The first-order chi connectivity index (χ1) is 8.13. The van der Waals surface area contributed by atoms with E-state index in [4.69, 9.17) is 0 Å². The normalized spacial score (nSPS) is 18.3. The van der Waals surface area contributed by atoms with Crippen LogP contribution in [0.3, 0.4) is 0 Å². The maximum atomic E-state index is 11.5. The Morgan fingerprint density at radius 2 is 2.12 bits per heavy atom. The lowest BCUT2D eigenvalue weighted by atomic mass is 10.0. The fraction of sp³-hybridized carbons (Fsp3) is 0.923. The van der Waals surface area contributed by atoms with Crippen LogP contribution in [0, 0.1) is 5.92 Å². The van der Waals surface area contributed by atoms with Gasteiger partial charge in [0.2, 0.25) is 5.91 Å². The second kappa shape index (κ2) is 7.67. The second-order valence-electron chi connectivity index (χ2n) is 5.08. The minimum Gasteiger partial charge on any atom is -0.392 e. The Balaban J connectivity index is 2.07. The molecule has 0 aromatic heterocycles. The number of carbonyl (C=O) groups is 1. The average molecular weight is 242 g/mol. The summed E-state index contributed by atoms with van der Waals surface area (Å²) in [6.07, 6.45) is 5.71. The number of rotatable bonds is 7. The third-order valence-corrected chi connectivity index (χ3v) is 3.64. The Bertz CT molecular complexity index is 227. The van der Waals surface area contributed by atoms with Gasteiger partial charge in [-0.1, -0.05) is 25.7 Å². The summed E-state index contributed by atoms with van der Waals surface area (Å²) in [4.78, 5) is 13.2. The number of hydrogen-bond donors (Lipinski definition) is 2. The first-order valence-electron chi connectivity index (χ1n) is 6.76. The molecule has 1 unspecified atom stereocenters. The zero-order chi connectivity index (χ0) is 12.7. The second-order valence-corrected chi connectivity index (χ2v) is 5.08. The molecule has 17 heavy (non-hydrogen) atoms. The molecule has 1 atom stereocenters. The Hall–Kier alpha value is -0.610. The molecule has 2 N–H and O–H groups in total. The summed E-state index contributed by atoms with van der Waals surface area (Å²) in [5.74, 6) is 0.779. The van der Waals surface area contributed by atoms with Crippen LogP contribution in [0.5, 0.6) is 0 Å². The molecule has 1 aliphatic rings. The summed E-state index contributed by atoms with van der Waals surface area (Å²) in [7, 11) is 1.79. The summed E-state index contributed by atoms with van der Waals surface area (Å²) >= 11 is 0. The number of aliphatic hydroxyl groups is 1. The van der Waals surface area contributed by atoms with Gasteiger partial charge in [-0.05, 0) is 19.3 Å². The maximum Gasteiger partial charge on any atom is 0.236 e. The molecule has 1 fully saturated rings. The molecule has 0 saturated heterocycles. The topological polar surface area (TPSA) is 52.6 Å². The maximum absolute atomic E-state index is 11.5. The van der Waals surface area contributed by atoms with E-state index in [1.54, 1.807) is 11.9 Å². The Labute approximate surface area is 104 Å². The number of amides is 1. The van der Waals surface area contributed by atoms with Crippen molar-refractivity contribution in [1.29, 1.82) is 0 Å². The van der Waals surface area contributed by atoms with E-state index in [1.165, 1.54) is 25.7 Å². The zero-order valence-corrected chi connectivity index (χ0v) is 11.1. The van der Waals surface area contributed by atoms with E-state index in [2.05, 4.69) is 5.32 Å². The molecule has 4 heteroatoms. The molecular weight excluding hydrogens is 216 g/mol. The zero-order valence-electron chi connectivity index (χ0n) is 11.1. The van der Waals surface area contributed by atoms with Gasteiger partial charge < -0.3 is 15.3 Å². The van der Waals surface area contributed by atoms with E-state index >= 15 is 0 Å². The molecule has 100 valence electrons. The number of hydrogen-bond acceptors (Lipinski definition) is 3. The van der Waals surface area contributed by atoms with Crippen molar-refractivity contribution in [2.24, 2.45) is 5.92 Å². The summed E-state index contributed by atoms with van der Waals surface area (Å²) in [5, 5.41) is 12.9. The lowest BCUT2D eigenvalue weighted by Gasteiger charge is -2.18. The van der Waals surface area contributed by atoms with Crippen LogP contribution >= 0.6 is 0 Å². The summed E-state index contributed by atoms with van der Waals surface area (Å²) in [6.45, 7) is 3.53. The average Bonchev–Trinajstić information content (AvgIpc) is 2.80. The van der Waals surface area contributed by atoms with E-state index < -0.39 is 0 Å². The van der Waals surface area contributed by atoms with Gasteiger partial charge in [-0.2, -0.15) is 0 Å². The number of aliphatic hydroxyl groups excluding tert-OH is 1. The number of nitrogens with one attached hydrogen (secondary N) is 1. The van der Waals surface area contributed by atoms with Gasteiger partial charge in [0.15, 0.2) is 0 Å². The fourth-order valence-electron chi connectivity index (χ4n) is 2.37. The van der Waals surface area contributed by atoms with Crippen molar-refractivity contribution in [2.45, 2.75) is 45.1 Å². The molecule has 1 rings (SSSR count). The predicted octanol–water partition coefficient (Wildman–Crippen LogP) is 0.995. The Kier molecular flexibility index (Phi) is 6.52. The van der Waals surface area contributed by atoms with Crippen LogP contribution in [-0.4, -0.2) is 48.7 Å². The van der Waals surface area contributed by atoms with Crippen molar-refractivity contribution in [3.63, 3.8) is 0 Å². The van der Waals surface area contributed by atoms with Gasteiger partial charge >= 0.3 is 0 Å². The lowest BCUT2D eigenvalue weighted by molar-refractivity contribution is -0.128. The van der Waals surface area contributed by atoms with Crippen molar-refractivity contribution in [1.82, 2.24) is 10.2 Å². The molecule has 0 spiro atoms. The molecule has 0 aromatic carbocycles. The highest BCUT2D eigenvalue weighted by Gasteiger charge is 2.18. The quantitative estimate of drug-likeness (QED) is 0.700. The molecular formula is C13H26N2O2. The van der Waals surface area contributed by atoms with Gasteiger partial charge in [0.05, 0.1) is 12.6 Å². The smallest absolute Gasteiger partial charge is 0.236 e. The Morgan fingerprint density at radius 1 is 1.47 bits per heavy atom. The van der Waals surface area contributed by atoms with Gasteiger partial charge in [0, 0.05) is 20.1 Å². The SMILES string of the molecule is CCN(C)C(=O)CNCC(O)CC1CCCC1. The van der Waals surface area contributed by atoms with E-state index in [-0.39, 0.29) is 12.0 Å². The predicted molar refractivity (Wildman–Crippen MR) is 68.8 cm³/mol. The summed E-state index contributed by atoms with van der Waals surface area (Å²) in [5.41, 5.74) is 0. The monoisotopic (exact) mass is 242 g/mol. The van der Waals surface area contributed by atoms with Crippen LogP contribution < -0.4 is 5.32 Å². The Morgan fingerprint density at radius 3 is 2.71 bits per heavy atom. The third kappa shape index (κ3) is 5.50. The van der Waals surface area contributed by atoms with Crippen LogP contribution in [0.25, 0.3) is 0 Å². The summed E-state index contributed by atoms with van der Waals surface area (Å²) < 4.78 is 0. The molecule has 0 aromatic rings. The molecule has 1 aliphatic carbocycles. The highest BCUT2D eigenvalue weighted by Crippen LogP contribution is 2.28. The van der Waals surface area contributed by atoms with Crippen LogP contribution in [0.2, 0.25) is 0 Å². The minimum atomic E-state index is -0.308. The molecule has 0 bridgehead atoms. The molecule has 4 nitrogen and oxygen atoms in total. The molecule has 0 radical (unpaired) electrons. The molecule has 0 heterocycles. The van der Waals surface area contributed by atoms with Gasteiger partial charge in [-0.3, -0.25) is 4.79 Å². The van der Waals surface area contributed by atoms with Crippen molar-refractivity contribution in [3.05, 3.63) is 0 Å². The van der Waals surface area contributed by atoms with Crippen molar-refractivity contribution >= 4 is 5.91 Å². The van der Waals surface area contributed by atoms with Crippen LogP contribution in [0.4, 0.5) is 0 Å². The number of nitrogens with zero attached hydrogens (tertiary/aromatic N) is 1. The summed E-state index contributed by atoms with van der Waals surface area (Å²) in [6, 6.07) is 0. The van der Waals surface area contributed by atoms with Gasteiger partial charge in [-0.25, -0.2) is 0 Å². The first kappa shape index (κ1) is 14.5. The van der Waals surface area contributed by atoms with E-state index in [0.717, 1.165) is 13.0 Å². The van der Waals surface area contributed by atoms with E-state index in [9.17, 15) is 9.90 Å². The van der Waals surface area contributed by atoms with Gasteiger partial charge in [0.25, 0.3) is 0 Å². The largest absolute Gasteiger partial charge is 0.392 e. The molecule has 1 saturated carbocycles. The fourth-order valence-corrected chi connectivity index (χ4v) is 2.37. The van der Waals surface area contributed by atoms with Crippen LogP contribution in [0.1, 0.15) is 39.0 Å². The van der Waals surface area contributed by atoms with Crippen LogP contribution in [0.15, 0.2) is 0 Å². The first-order valence-corrected chi connectivity index (χ1v) is 6.76. The molecule has 0 aliphatic heterocycles.